The third-order valence-corrected chi connectivity index (χ3v) is 5.40. The van der Waals surface area contributed by atoms with Gasteiger partial charge in [-0.2, -0.15) is 0 Å². The molecule has 0 aliphatic rings. The Kier molecular flexibility index (Phi) is 13.6. The van der Waals surface area contributed by atoms with Gasteiger partial charge in [0.2, 0.25) is 0 Å². The van der Waals surface area contributed by atoms with E-state index in [1.807, 2.05) is 0 Å². The zero-order valence-electron chi connectivity index (χ0n) is 8.10. The summed E-state index contributed by atoms with van der Waals surface area (Å²) in [4.78, 5) is 60.0. The monoisotopic (exact) mass is 616 g/mol. The van der Waals surface area contributed by atoms with E-state index in [0.717, 1.165) is 0 Å². The molecular formula is Nd2O13P4. The first-order chi connectivity index (χ1) is 7.12. The smallest absolute Gasteiger partial charge is 0.790 e. The normalized spacial score (nSPS) is 18.4. The fourth-order valence-electron chi connectivity index (χ4n) is 0.397. The molecule has 19 heavy (non-hydrogen) atoms. The van der Waals surface area contributed by atoms with Crippen molar-refractivity contribution < 1.29 is 142 Å². The standard InChI is InChI=1S/2Nd.H6O13P4/c;;1-14(2,3)11-16(7,8)13-17(9,10)12-15(4,5)6/h;;(H,7,8)(H,9,10)(H2,1,2,3)(H2,4,5,6)/q2*+3;/p-6. The second-order valence-corrected chi connectivity index (χ2v) is 7.57. The molecule has 0 spiro atoms. The molecule has 0 bridgehead atoms. The van der Waals surface area contributed by atoms with Crippen LogP contribution < -0.4 is 29.4 Å². The molecule has 2 atom stereocenters. The van der Waals surface area contributed by atoms with Crippen LogP contribution in [0, 0.1) is 81.7 Å². The SMILES string of the molecule is O=P([O-])([O-])OP(=O)([O-])OP(=O)([O-])OP(=O)([O-])[O-].[Nd+3].[Nd+3]. The van der Waals surface area contributed by atoms with Crippen LogP contribution in [0.1, 0.15) is 0 Å². The molecule has 0 aromatic carbocycles. The molecule has 19 heteroatoms. The molecule has 0 aliphatic carbocycles. The number of rotatable bonds is 6. The average Bonchev–Trinajstić information content (AvgIpc) is 1.65. The molecule has 0 rings (SSSR count). The predicted octanol–water partition coefficient (Wildman–Crippen LogP) is -4.37. The van der Waals surface area contributed by atoms with Gasteiger partial charge in [0, 0.05) is 0 Å². The molecular weight excluding hydrogens is 620 g/mol. The van der Waals surface area contributed by atoms with Gasteiger partial charge in [0.1, 0.15) is 0 Å². The Bertz CT molecular complexity index is 411. The zero-order valence-corrected chi connectivity index (χ0v) is 18.1. The van der Waals surface area contributed by atoms with Crippen molar-refractivity contribution >= 4 is 31.3 Å². The first-order valence-electron chi connectivity index (χ1n) is 2.92. The van der Waals surface area contributed by atoms with Gasteiger partial charge < -0.3 is 38.5 Å². The number of hydrogen-bond donors (Lipinski definition) is 0. The summed E-state index contributed by atoms with van der Waals surface area (Å²) in [5, 5.41) is 0. The summed E-state index contributed by atoms with van der Waals surface area (Å²) in [5.41, 5.74) is 0. The third kappa shape index (κ3) is 17.4. The minimum Gasteiger partial charge on any atom is -0.790 e. The quantitative estimate of drug-likeness (QED) is 0.256. The van der Waals surface area contributed by atoms with E-state index in [-0.39, 0.29) is 81.7 Å². The minimum absolute atomic E-state index is 0. The van der Waals surface area contributed by atoms with Crippen molar-refractivity contribution in [3.05, 3.63) is 0 Å². The van der Waals surface area contributed by atoms with Crippen LogP contribution in [0.25, 0.3) is 0 Å². The maximum Gasteiger partial charge on any atom is 3.00 e. The summed E-state index contributed by atoms with van der Waals surface area (Å²) in [7, 11) is -24.9. The van der Waals surface area contributed by atoms with Crippen LogP contribution in [-0.2, 0) is 31.2 Å². The van der Waals surface area contributed by atoms with Crippen molar-refractivity contribution in [1.82, 2.24) is 0 Å². The first kappa shape index (κ1) is 27.1. The second kappa shape index (κ2) is 9.53. The Labute approximate surface area is 171 Å². The Morgan fingerprint density at radius 3 is 0.895 bits per heavy atom. The van der Waals surface area contributed by atoms with E-state index in [2.05, 4.69) is 12.9 Å². The molecule has 0 heterocycles. The van der Waals surface area contributed by atoms with E-state index in [4.69, 9.17) is 0 Å². The van der Waals surface area contributed by atoms with Crippen LogP contribution >= 0.6 is 31.3 Å². The van der Waals surface area contributed by atoms with Gasteiger partial charge in [-0.25, -0.2) is 4.31 Å². The summed E-state index contributed by atoms with van der Waals surface area (Å²) >= 11 is 0. The third-order valence-electron chi connectivity index (χ3n) is 0.600. The molecule has 0 saturated carbocycles. The Morgan fingerprint density at radius 1 is 0.526 bits per heavy atom. The van der Waals surface area contributed by atoms with E-state index in [1.54, 1.807) is 0 Å². The Hall–Kier alpha value is 3.26. The predicted molar refractivity (Wildman–Crippen MR) is 33.7 cm³/mol. The molecule has 0 saturated heterocycles. The van der Waals surface area contributed by atoms with Crippen LogP contribution in [0.15, 0.2) is 0 Å². The molecule has 0 aromatic heterocycles. The largest absolute Gasteiger partial charge is 3.00 e. The van der Waals surface area contributed by atoms with Crippen LogP contribution in [-0.4, -0.2) is 0 Å². The van der Waals surface area contributed by atoms with E-state index in [1.165, 1.54) is 0 Å². The zero-order chi connectivity index (χ0) is 14.1. The van der Waals surface area contributed by atoms with Gasteiger partial charge in [-0.1, -0.05) is 0 Å². The first-order valence-corrected chi connectivity index (χ1v) is 8.76. The van der Waals surface area contributed by atoms with Crippen LogP contribution in [0.5, 0.6) is 0 Å². The van der Waals surface area contributed by atoms with Gasteiger partial charge in [-0.15, -0.1) is 0 Å². The molecule has 0 aromatic rings. The fourth-order valence-corrected chi connectivity index (χ4v) is 4.11. The maximum absolute atomic E-state index is 10.4. The summed E-state index contributed by atoms with van der Waals surface area (Å²) in [6, 6.07) is 0. The summed E-state index contributed by atoms with van der Waals surface area (Å²) < 4.78 is 48.5. The van der Waals surface area contributed by atoms with Gasteiger partial charge in [-0.3, -0.25) is 17.8 Å². The topological polar surface area (TPSA) is 234 Å². The van der Waals surface area contributed by atoms with Crippen LogP contribution in [0.2, 0.25) is 0 Å². The minimum atomic E-state index is -6.26. The summed E-state index contributed by atoms with van der Waals surface area (Å²) in [5.74, 6) is 0. The van der Waals surface area contributed by atoms with Crippen molar-refractivity contribution in [1.29, 1.82) is 0 Å². The molecule has 0 fully saturated rings. The molecule has 106 valence electrons. The van der Waals surface area contributed by atoms with Gasteiger partial charge in [0.25, 0.3) is 15.6 Å². The molecule has 2 radical (unpaired) electrons. The fraction of sp³-hybridized carbons (Fsp3) is 0. The molecule has 13 nitrogen and oxygen atoms in total. The van der Waals surface area contributed by atoms with Crippen molar-refractivity contribution in [2.75, 3.05) is 0 Å². The van der Waals surface area contributed by atoms with Gasteiger partial charge in [-0.05, 0) is 0 Å². The molecule has 0 amide bonds. The van der Waals surface area contributed by atoms with Crippen molar-refractivity contribution in [3.63, 3.8) is 0 Å². The second-order valence-electron chi connectivity index (χ2n) is 2.03. The Morgan fingerprint density at radius 2 is 0.737 bits per heavy atom. The Balaban J connectivity index is -0.00000128. The van der Waals surface area contributed by atoms with E-state index >= 15 is 0 Å². The maximum atomic E-state index is 10.4. The molecule has 0 aliphatic heterocycles. The van der Waals surface area contributed by atoms with Crippen LogP contribution in [0.4, 0.5) is 0 Å². The van der Waals surface area contributed by atoms with Crippen LogP contribution in [0.3, 0.4) is 0 Å². The van der Waals surface area contributed by atoms with E-state index < -0.39 is 31.3 Å². The number of phosphoric acid groups is 4. The van der Waals surface area contributed by atoms with Crippen molar-refractivity contribution in [2.45, 2.75) is 0 Å². The van der Waals surface area contributed by atoms with E-state index in [9.17, 15) is 47.6 Å². The van der Waals surface area contributed by atoms with Gasteiger partial charge >= 0.3 is 81.7 Å². The number of hydrogen-bond acceptors (Lipinski definition) is 13. The van der Waals surface area contributed by atoms with Crippen molar-refractivity contribution in [2.24, 2.45) is 0 Å². The van der Waals surface area contributed by atoms with E-state index in [0.29, 0.717) is 0 Å². The summed E-state index contributed by atoms with van der Waals surface area (Å²) in [6.45, 7) is 0. The van der Waals surface area contributed by atoms with Crippen molar-refractivity contribution in [3.8, 4) is 0 Å². The molecule has 2 unspecified atom stereocenters. The van der Waals surface area contributed by atoms with Gasteiger partial charge in [0.05, 0.1) is 15.6 Å². The van der Waals surface area contributed by atoms with Gasteiger partial charge in [0.15, 0.2) is 0 Å². The molecule has 0 N–H and O–H groups in total. The summed E-state index contributed by atoms with van der Waals surface area (Å²) in [6.07, 6.45) is 0. The average molecular weight is 620 g/mol.